The second kappa shape index (κ2) is 8.67. The number of anilines is 1. The molecule has 0 bridgehead atoms. The molecule has 0 saturated heterocycles. The normalized spacial score (nSPS) is 15.0. The Labute approximate surface area is 155 Å². The minimum Gasteiger partial charge on any atom is -1.00 e. The number of nitrogens with one attached hydrogen (secondary N) is 1. The van der Waals surface area contributed by atoms with Crippen molar-refractivity contribution in [2.45, 2.75) is 13.1 Å². The maximum atomic E-state index is 2.49. The van der Waals surface area contributed by atoms with Crippen molar-refractivity contribution in [2.75, 3.05) is 11.6 Å². The molecule has 1 aliphatic heterocycles. The molecule has 0 spiro atoms. The van der Waals surface area contributed by atoms with Crippen LogP contribution in [0, 0.1) is 0 Å². The Balaban J connectivity index is 0.00000113. The first-order chi connectivity index (χ1) is 11.4. The second-order valence-corrected chi connectivity index (χ2v) is 6.12. The molecular weight excluding hydrogens is 332 g/mol. The Bertz CT molecular complexity index is 714. The van der Waals surface area contributed by atoms with Crippen LogP contribution in [0.15, 0.2) is 84.9 Å². The zero-order valence-electron chi connectivity index (χ0n) is 14.0. The fourth-order valence-electron chi connectivity index (χ4n) is 3.39. The highest BCUT2D eigenvalue weighted by Gasteiger charge is 2.30. The predicted molar refractivity (Wildman–Crippen MR) is 98.3 cm³/mol. The van der Waals surface area contributed by atoms with E-state index in [0.29, 0.717) is 0 Å². The van der Waals surface area contributed by atoms with Gasteiger partial charge in [-0.1, -0.05) is 72.8 Å². The Morgan fingerprint density at radius 3 is 1.96 bits per heavy atom. The van der Waals surface area contributed by atoms with Crippen molar-refractivity contribution in [1.29, 1.82) is 0 Å². The first-order valence-electron chi connectivity index (χ1n) is 8.17. The van der Waals surface area contributed by atoms with Gasteiger partial charge in [-0.15, -0.1) is 0 Å². The van der Waals surface area contributed by atoms with Gasteiger partial charge in [0.1, 0.15) is 12.2 Å². The van der Waals surface area contributed by atoms with Gasteiger partial charge in [-0.3, -0.25) is 4.90 Å². The number of benzene rings is 3. The Morgan fingerprint density at radius 1 is 0.720 bits per heavy atom. The van der Waals surface area contributed by atoms with Crippen LogP contribution < -0.4 is 22.2 Å². The van der Waals surface area contributed by atoms with E-state index in [9.17, 15) is 0 Å². The second-order valence-electron chi connectivity index (χ2n) is 6.12. The van der Waals surface area contributed by atoms with E-state index in [1.165, 1.54) is 27.4 Å². The lowest BCUT2D eigenvalue weighted by molar-refractivity contribution is -0.840. The van der Waals surface area contributed by atoms with Crippen molar-refractivity contribution >= 4 is 11.4 Å². The van der Waals surface area contributed by atoms with E-state index < -0.39 is 0 Å². The van der Waals surface area contributed by atoms with Crippen LogP contribution in [0.4, 0.5) is 11.4 Å². The van der Waals surface area contributed by atoms with Crippen LogP contribution in [-0.4, -0.2) is 12.1 Å². The summed E-state index contributed by atoms with van der Waals surface area (Å²) in [6, 6.07) is 30.3. The lowest BCUT2D eigenvalue weighted by Crippen LogP contribution is -3.05. The number of halogens is 1. The molecule has 1 atom stereocenters. The maximum Gasteiger partial charge on any atom is 0.158 e. The molecule has 0 aliphatic carbocycles. The van der Waals surface area contributed by atoms with Gasteiger partial charge in [0.25, 0.3) is 0 Å². The summed E-state index contributed by atoms with van der Waals surface area (Å²) < 4.78 is 0. The monoisotopic (exact) mass is 354 g/mol. The van der Waals surface area contributed by atoms with Gasteiger partial charge >= 0.3 is 0 Å². The third-order valence-electron chi connectivity index (χ3n) is 4.48. The minimum atomic E-state index is 0. The van der Waals surface area contributed by atoms with Crippen LogP contribution in [0.25, 0.3) is 0 Å². The quantitative estimate of drug-likeness (QED) is 0.678. The molecule has 4 rings (SSSR count). The summed E-state index contributed by atoms with van der Waals surface area (Å²) in [5.41, 5.74) is 5.52. The van der Waals surface area contributed by atoms with Crippen molar-refractivity contribution in [1.82, 2.24) is 0 Å². The predicted octanol–water partition coefficient (Wildman–Crippen LogP) is -0.440. The van der Waals surface area contributed by atoms with Crippen molar-refractivity contribution in [3.05, 3.63) is 96.1 Å². The van der Waals surface area contributed by atoms with E-state index in [-0.39, 0.29) is 17.9 Å². The molecule has 1 aliphatic rings. The molecule has 0 amide bonds. The highest BCUT2D eigenvalue weighted by Crippen LogP contribution is 2.27. The summed E-state index contributed by atoms with van der Waals surface area (Å²) in [5, 5.41) is 0. The topological polar surface area (TPSA) is 39.2 Å². The standard InChI is InChI=1S/C21H20N2.ClH.H2O/c1-3-9-18(10-4-1)15-22-17-23(16-19-11-5-2-6-12-19)21-14-8-7-13-20(21)22;;/h1-14H,15-17H2;1H;1H2. The fourth-order valence-corrected chi connectivity index (χ4v) is 3.39. The van der Waals surface area contributed by atoms with E-state index in [0.717, 1.165) is 19.8 Å². The SMILES string of the molecule is O.[Cl-].c1ccc(CN2C[NH+](Cc3ccccc3)c3ccccc32)cc1. The number of hydrogen-bond acceptors (Lipinski definition) is 1. The van der Waals surface area contributed by atoms with Gasteiger partial charge in [-0.05, 0) is 11.6 Å². The van der Waals surface area contributed by atoms with Crippen LogP contribution in [-0.2, 0) is 13.1 Å². The molecule has 130 valence electrons. The molecule has 0 fully saturated rings. The zero-order valence-corrected chi connectivity index (χ0v) is 14.8. The third-order valence-corrected chi connectivity index (χ3v) is 4.48. The molecule has 1 heterocycles. The van der Waals surface area contributed by atoms with Gasteiger partial charge in [0.15, 0.2) is 12.4 Å². The first kappa shape index (κ1) is 19.0. The van der Waals surface area contributed by atoms with Crippen molar-refractivity contribution in [3.8, 4) is 0 Å². The third kappa shape index (κ3) is 4.20. The van der Waals surface area contributed by atoms with Gasteiger partial charge < -0.3 is 22.8 Å². The van der Waals surface area contributed by atoms with E-state index >= 15 is 0 Å². The number of nitrogens with zero attached hydrogens (tertiary/aromatic N) is 1. The highest BCUT2D eigenvalue weighted by molar-refractivity contribution is 5.65. The number of fused-ring (bicyclic) bond motifs is 1. The molecule has 0 aromatic heterocycles. The molecule has 1 unspecified atom stereocenters. The zero-order chi connectivity index (χ0) is 15.5. The first-order valence-corrected chi connectivity index (χ1v) is 8.17. The molecule has 4 heteroatoms. The van der Waals surface area contributed by atoms with E-state index in [1.807, 2.05) is 0 Å². The van der Waals surface area contributed by atoms with Gasteiger partial charge in [0, 0.05) is 18.2 Å². The lowest BCUT2D eigenvalue weighted by Gasteiger charge is -2.18. The van der Waals surface area contributed by atoms with Gasteiger partial charge in [0.2, 0.25) is 0 Å². The van der Waals surface area contributed by atoms with Crippen molar-refractivity contribution in [3.63, 3.8) is 0 Å². The van der Waals surface area contributed by atoms with E-state index in [2.05, 4.69) is 89.8 Å². The van der Waals surface area contributed by atoms with Crippen molar-refractivity contribution in [2.24, 2.45) is 0 Å². The number of rotatable bonds is 4. The van der Waals surface area contributed by atoms with Gasteiger partial charge in [-0.25, -0.2) is 0 Å². The molecular formula is C21H23ClN2O. The lowest BCUT2D eigenvalue weighted by atomic mass is 10.2. The van der Waals surface area contributed by atoms with Gasteiger partial charge in [-0.2, -0.15) is 0 Å². The molecule has 3 aromatic rings. The highest BCUT2D eigenvalue weighted by atomic mass is 35.5. The van der Waals surface area contributed by atoms with Crippen LogP contribution in [0.3, 0.4) is 0 Å². The molecule has 25 heavy (non-hydrogen) atoms. The molecule has 3 nitrogen and oxygen atoms in total. The number of quaternary nitrogens is 1. The minimum absolute atomic E-state index is 0. The Morgan fingerprint density at radius 2 is 1.28 bits per heavy atom. The van der Waals surface area contributed by atoms with Crippen molar-refractivity contribution < 1.29 is 22.8 Å². The van der Waals surface area contributed by atoms with Crippen LogP contribution in [0.2, 0.25) is 0 Å². The smallest absolute Gasteiger partial charge is 0.158 e. The van der Waals surface area contributed by atoms with Crippen LogP contribution in [0.1, 0.15) is 11.1 Å². The summed E-state index contributed by atoms with van der Waals surface area (Å²) >= 11 is 0. The summed E-state index contributed by atoms with van der Waals surface area (Å²) in [6.45, 7) is 3.02. The summed E-state index contributed by atoms with van der Waals surface area (Å²) in [7, 11) is 0. The summed E-state index contributed by atoms with van der Waals surface area (Å²) in [6.07, 6.45) is 0. The Kier molecular flexibility index (Phi) is 6.59. The van der Waals surface area contributed by atoms with Crippen LogP contribution >= 0.6 is 0 Å². The molecule has 0 saturated carbocycles. The molecule has 3 N–H and O–H groups in total. The average molecular weight is 355 g/mol. The number of hydrogen-bond donors (Lipinski definition) is 1. The maximum absolute atomic E-state index is 2.49. The van der Waals surface area contributed by atoms with Gasteiger partial charge in [0.05, 0.1) is 0 Å². The van der Waals surface area contributed by atoms with Crippen LogP contribution in [0.5, 0.6) is 0 Å². The van der Waals surface area contributed by atoms with E-state index in [1.54, 1.807) is 0 Å². The largest absolute Gasteiger partial charge is 1.00 e. The van der Waals surface area contributed by atoms with E-state index in [4.69, 9.17) is 0 Å². The number of para-hydroxylation sites is 2. The Hall–Kier alpha value is -2.33. The fraction of sp³-hybridized carbons (Fsp3) is 0.143. The summed E-state index contributed by atoms with van der Waals surface area (Å²) in [5.74, 6) is 0. The summed E-state index contributed by atoms with van der Waals surface area (Å²) in [4.78, 5) is 4.01. The molecule has 3 aromatic carbocycles. The molecule has 0 radical (unpaired) electrons. The average Bonchev–Trinajstić information content (AvgIpc) is 2.95.